The van der Waals surface area contributed by atoms with Gasteiger partial charge in [-0.25, -0.2) is 0 Å². The van der Waals surface area contributed by atoms with Crippen LogP contribution >= 0.6 is 11.3 Å². The lowest BCUT2D eigenvalue weighted by Crippen LogP contribution is -2.55. The van der Waals surface area contributed by atoms with Gasteiger partial charge in [0, 0.05) is 19.6 Å². The van der Waals surface area contributed by atoms with E-state index in [1.165, 1.54) is 16.2 Å². The molecule has 2 heterocycles. The highest BCUT2D eigenvalue weighted by atomic mass is 32.1. The molecule has 2 bridgehead atoms. The van der Waals surface area contributed by atoms with Crippen LogP contribution < -0.4 is 20.1 Å². The number of methoxy groups -OCH3 is 1. The van der Waals surface area contributed by atoms with Crippen LogP contribution in [0.4, 0.5) is 0 Å². The number of aliphatic hydroxyl groups excluding tert-OH is 1. The van der Waals surface area contributed by atoms with Crippen LogP contribution in [0.5, 0.6) is 11.5 Å². The number of amides is 2. The molecule has 2 aromatic carbocycles. The van der Waals surface area contributed by atoms with Crippen LogP contribution in [-0.2, 0) is 16.0 Å². The van der Waals surface area contributed by atoms with Gasteiger partial charge in [-0.2, -0.15) is 0 Å². The third-order valence-corrected chi connectivity index (χ3v) is 9.15. The van der Waals surface area contributed by atoms with E-state index in [1.54, 1.807) is 25.6 Å². The number of thiophene rings is 1. The van der Waals surface area contributed by atoms with E-state index in [0.717, 1.165) is 22.4 Å². The predicted octanol–water partition coefficient (Wildman–Crippen LogP) is 4.44. The summed E-state index contributed by atoms with van der Waals surface area (Å²) in [6.07, 6.45) is 4.16. The highest BCUT2D eigenvalue weighted by molar-refractivity contribution is 7.12. The number of benzene rings is 2. The van der Waals surface area contributed by atoms with Gasteiger partial charge in [0.25, 0.3) is 5.91 Å². The molecule has 0 fully saturated rings. The molecule has 3 N–H and O–H groups in total. The SMILES string of the molecule is CCOc1ccsc1C(=O)N(C)[C@H]1C/C=C/CO[C@@H]2C[C@H](NC[C@@H](O)[C@H](Cc3ccccc3)NC1=O)c1cc(OC)ccc12. The molecular formula is C34H41N3O6S. The molecular weight excluding hydrogens is 578 g/mol. The average Bonchev–Trinajstić information content (AvgIpc) is 3.64. The molecule has 3 aromatic rings. The highest BCUT2D eigenvalue weighted by Crippen LogP contribution is 2.42. The summed E-state index contributed by atoms with van der Waals surface area (Å²) < 4.78 is 17.4. The molecule has 1 aliphatic heterocycles. The van der Waals surface area contributed by atoms with E-state index in [-0.39, 0.29) is 36.9 Å². The minimum Gasteiger partial charge on any atom is -0.497 e. The van der Waals surface area contributed by atoms with E-state index in [1.807, 2.05) is 67.6 Å². The Balaban J connectivity index is 1.43. The van der Waals surface area contributed by atoms with Crippen molar-refractivity contribution in [1.29, 1.82) is 0 Å². The number of nitrogens with zero attached hydrogens (tertiary/aromatic N) is 1. The lowest BCUT2D eigenvalue weighted by Gasteiger charge is -2.31. The number of aliphatic hydroxyl groups is 1. The molecule has 10 heteroatoms. The molecule has 1 aromatic heterocycles. The minimum atomic E-state index is -0.905. The molecule has 234 valence electrons. The van der Waals surface area contributed by atoms with Crippen molar-refractivity contribution in [2.75, 3.05) is 33.9 Å². The summed E-state index contributed by atoms with van der Waals surface area (Å²) >= 11 is 1.29. The predicted molar refractivity (Wildman–Crippen MR) is 170 cm³/mol. The first kappa shape index (κ1) is 31.7. The molecule has 44 heavy (non-hydrogen) atoms. The highest BCUT2D eigenvalue weighted by Gasteiger charge is 2.35. The first-order valence-electron chi connectivity index (χ1n) is 15.1. The number of rotatable bonds is 7. The molecule has 0 saturated heterocycles. The van der Waals surface area contributed by atoms with Crippen molar-refractivity contribution in [3.63, 3.8) is 0 Å². The molecule has 2 amide bonds. The van der Waals surface area contributed by atoms with Crippen LogP contribution in [-0.4, -0.2) is 73.9 Å². The number of nitrogens with one attached hydrogen (secondary N) is 2. The fourth-order valence-corrected chi connectivity index (χ4v) is 6.68. The largest absolute Gasteiger partial charge is 0.497 e. The molecule has 1 aliphatic carbocycles. The quantitative estimate of drug-likeness (QED) is 0.336. The van der Waals surface area contributed by atoms with E-state index in [2.05, 4.69) is 10.6 Å². The zero-order valence-corrected chi connectivity index (χ0v) is 26.2. The average molecular weight is 620 g/mol. The maximum absolute atomic E-state index is 13.9. The summed E-state index contributed by atoms with van der Waals surface area (Å²) in [6.45, 7) is 2.90. The fraction of sp³-hybridized carbons (Fsp3) is 0.412. The van der Waals surface area contributed by atoms with Gasteiger partial charge in [0.2, 0.25) is 5.91 Å². The first-order valence-corrected chi connectivity index (χ1v) is 15.9. The molecule has 0 spiro atoms. The fourth-order valence-electron chi connectivity index (χ4n) is 5.86. The Morgan fingerprint density at radius 1 is 1.14 bits per heavy atom. The number of ether oxygens (including phenoxy) is 3. The van der Waals surface area contributed by atoms with Crippen LogP contribution in [0.15, 0.2) is 72.1 Å². The number of carbonyl (C=O) groups excluding carboxylic acids is 2. The number of fused-ring (bicyclic) bond motifs is 5. The van der Waals surface area contributed by atoms with Gasteiger partial charge in [0.15, 0.2) is 0 Å². The smallest absolute Gasteiger partial charge is 0.268 e. The van der Waals surface area contributed by atoms with Gasteiger partial charge in [0.05, 0.1) is 38.6 Å². The Kier molecular flexibility index (Phi) is 10.7. The summed E-state index contributed by atoms with van der Waals surface area (Å²) in [4.78, 5) is 29.5. The zero-order valence-electron chi connectivity index (χ0n) is 25.4. The molecule has 0 unspecified atom stereocenters. The third kappa shape index (κ3) is 7.32. The Labute approximate surface area is 262 Å². The van der Waals surface area contributed by atoms with Crippen molar-refractivity contribution < 1.29 is 28.9 Å². The zero-order chi connectivity index (χ0) is 31.1. The molecule has 9 nitrogen and oxygen atoms in total. The van der Waals surface area contributed by atoms with E-state index < -0.39 is 18.2 Å². The lowest BCUT2D eigenvalue weighted by atomic mass is 9.99. The summed E-state index contributed by atoms with van der Waals surface area (Å²) in [5, 5.41) is 20.0. The third-order valence-electron chi connectivity index (χ3n) is 8.26. The van der Waals surface area contributed by atoms with Gasteiger partial charge < -0.3 is 34.9 Å². The van der Waals surface area contributed by atoms with Gasteiger partial charge in [-0.05, 0) is 66.5 Å². The van der Waals surface area contributed by atoms with Crippen LogP contribution in [0.2, 0.25) is 0 Å². The number of hydrogen-bond donors (Lipinski definition) is 3. The van der Waals surface area contributed by atoms with Gasteiger partial charge in [-0.3, -0.25) is 9.59 Å². The molecule has 0 radical (unpaired) electrons. The topological polar surface area (TPSA) is 109 Å². The number of carbonyl (C=O) groups is 2. The van der Waals surface area contributed by atoms with Crippen LogP contribution in [0.3, 0.4) is 0 Å². The van der Waals surface area contributed by atoms with Gasteiger partial charge >= 0.3 is 0 Å². The van der Waals surface area contributed by atoms with Gasteiger partial charge in [0.1, 0.15) is 22.4 Å². The molecule has 0 saturated carbocycles. The summed E-state index contributed by atoms with van der Waals surface area (Å²) in [5.74, 6) is 0.637. The summed E-state index contributed by atoms with van der Waals surface area (Å²) in [6, 6.07) is 16.1. The summed E-state index contributed by atoms with van der Waals surface area (Å²) in [7, 11) is 3.28. The number of β-amino-alcohol motifs (C(OH)–C–C–N with tert-alkyl or cyclic N) is 1. The van der Waals surface area contributed by atoms with E-state index in [0.29, 0.717) is 36.7 Å². The maximum atomic E-state index is 13.9. The lowest BCUT2D eigenvalue weighted by molar-refractivity contribution is -0.126. The Bertz CT molecular complexity index is 1440. The molecule has 5 atom stereocenters. The van der Waals surface area contributed by atoms with E-state index in [4.69, 9.17) is 14.2 Å². The van der Waals surface area contributed by atoms with Crippen molar-refractivity contribution >= 4 is 23.2 Å². The van der Waals surface area contributed by atoms with Crippen molar-refractivity contribution in [1.82, 2.24) is 15.5 Å². The van der Waals surface area contributed by atoms with Crippen LogP contribution in [0.1, 0.15) is 58.3 Å². The minimum absolute atomic E-state index is 0.0521. The molecule has 2 aliphatic rings. The van der Waals surface area contributed by atoms with Gasteiger partial charge in [-0.1, -0.05) is 48.6 Å². The Morgan fingerprint density at radius 3 is 2.73 bits per heavy atom. The van der Waals surface area contributed by atoms with Crippen molar-refractivity contribution in [2.45, 2.75) is 56.5 Å². The Morgan fingerprint density at radius 2 is 1.95 bits per heavy atom. The second-order valence-electron chi connectivity index (χ2n) is 11.1. The Hall–Kier alpha value is -3.70. The van der Waals surface area contributed by atoms with Crippen molar-refractivity contribution in [3.8, 4) is 11.5 Å². The number of hydrogen-bond acceptors (Lipinski definition) is 8. The summed E-state index contributed by atoms with van der Waals surface area (Å²) in [5.41, 5.74) is 3.16. The van der Waals surface area contributed by atoms with Crippen molar-refractivity contribution in [3.05, 3.63) is 93.7 Å². The number of likely N-dealkylation sites (N-methyl/N-ethyl adjacent to an activating group) is 1. The normalized spacial score (nSPS) is 24.7. The second kappa shape index (κ2) is 14.9. The standard InChI is InChI=1S/C34H41N3O6S/c1-4-42-30-15-17-44-32(30)34(40)37(2)28-12-8-9-16-43-31-20-26(25-19-23(41-3)13-14-24(25)31)35-21-29(38)27(36-33(28)39)18-22-10-6-5-7-11-22/h5-11,13-15,17,19,26-29,31,35,38H,4,12,16,18,20-21H2,1-3H3,(H,36,39)/b9-8+/t26-,27-,28-,29+,31+/m0/s1. The first-order chi connectivity index (χ1) is 21.4. The van der Waals surface area contributed by atoms with Crippen LogP contribution in [0, 0.1) is 0 Å². The maximum Gasteiger partial charge on any atom is 0.268 e. The van der Waals surface area contributed by atoms with Crippen molar-refractivity contribution in [2.24, 2.45) is 0 Å². The van der Waals surface area contributed by atoms with E-state index >= 15 is 0 Å². The van der Waals surface area contributed by atoms with Crippen LogP contribution in [0.25, 0.3) is 0 Å². The van der Waals surface area contributed by atoms with Gasteiger partial charge in [-0.15, -0.1) is 11.3 Å². The molecule has 5 rings (SSSR count). The van der Waals surface area contributed by atoms with E-state index in [9.17, 15) is 14.7 Å². The second-order valence-corrected chi connectivity index (χ2v) is 12.0. The monoisotopic (exact) mass is 619 g/mol.